The van der Waals surface area contributed by atoms with Gasteiger partial charge in [-0.05, 0) is 30.8 Å². The van der Waals surface area contributed by atoms with Crippen LogP contribution in [0.2, 0.25) is 0 Å². The molecule has 0 radical (unpaired) electrons. The van der Waals surface area contributed by atoms with E-state index >= 15 is 0 Å². The number of nitrogens with zero attached hydrogens (tertiary/aromatic N) is 2. The summed E-state index contributed by atoms with van der Waals surface area (Å²) in [6, 6.07) is 7.77. The third kappa shape index (κ3) is 3.40. The first kappa shape index (κ1) is 13.2. The Morgan fingerprint density at radius 1 is 1.50 bits per heavy atom. The highest BCUT2D eigenvalue weighted by molar-refractivity contribution is 7.90. The zero-order valence-electron chi connectivity index (χ0n) is 9.41. The minimum absolute atomic E-state index is 0.580. The van der Waals surface area contributed by atoms with Crippen LogP contribution >= 0.6 is 23.6 Å². The quantitative estimate of drug-likeness (QED) is 0.482. The maximum absolute atomic E-state index is 12.0. The maximum atomic E-state index is 12.0. The summed E-state index contributed by atoms with van der Waals surface area (Å²) in [6.07, 6.45) is 2.54. The molecule has 0 aliphatic carbocycles. The molecule has 18 heavy (non-hydrogen) atoms. The summed E-state index contributed by atoms with van der Waals surface area (Å²) < 4.78 is 13.6. The van der Waals surface area contributed by atoms with Crippen molar-refractivity contribution < 1.29 is 4.21 Å². The van der Waals surface area contributed by atoms with Crippen LogP contribution in [0.4, 0.5) is 0 Å². The lowest BCUT2D eigenvalue weighted by Gasteiger charge is -1.88. The third-order valence-electron chi connectivity index (χ3n) is 2.14. The van der Waals surface area contributed by atoms with Crippen molar-refractivity contribution in [3.8, 4) is 0 Å². The second-order valence-electron chi connectivity index (χ2n) is 3.38. The third-order valence-corrected chi connectivity index (χ3v) is 4.72. The Morgan fingerprint density at radius 2 is 2.33 bits per heavy atom. The fourth-order valence-electron chi connectivity index (χ4n) is 1.34. The predicted octanol–water partition coefficient (Wildman–Crippen LogP) is 3.41. The second kappa shape index (κ2) is 6.66. The molecular formula is C12H10N2OS3. The molecule has 92 valence electrons. The lowest BCUT2D eigenvalue weighted by atomic mass is 10.3. The van der Waals surface area contributed by atoms with Crippen LogP contribution in [0.25, 0.3) is 10.2 Å². The number of fused-ring (bicyclic) bond motifs is 1. The van der Waals surface area contributed by atoms with Crippen LogP contribution in [0.5, 0.6) is 0 Å². The van der Waals surface area contributed by atoms with Crippen molar-refractivity contribution in [3.05, 3.63) is 35.7 Å². The molecule has 0 aliphatic heterocycles. The van der Waals surface area contributed by atoms with Crippen molar-refractivity contribution in [1.82, 2.24) is 4.98 Å². The van der Waals surface area contributed by atoms with Crippen molar-refractivity contribution in [1.29, 1.82) is 0 Å². The first-order valence-electron chi connectivity index (χ1n) is 5.27. The maximum Gasteiger partial charge on any atom is 0.186 e. The highest BCUT2D eigenvalue weighted by atomic mass is 32.2. The van der Waals surface area contributed by atoms with Gasteiger partial charge in [0.25, 0.3) is 0 Å². The van der Waals surface area contributed by atoms with Crippen LogP contribution in [0.3, 0.4) is 0 Å². The number of benzene rings is 1. The molecule has 0 fully saturated rings. The average Bonchev–Trinajstić information content (AvgIpc) is 2.82. The summed E-state index contributed by atoms with van der Waals surface area (Å²) in [4.78, 5) is 8.12. The van der Waals surface area contributed by atoms with Gasteiger partial charge in [0.05, 0.1) is 21.9 Å². The molecule has 0 spiro atoms. The van der Waals surface area contributed by atoms with Gasteiger partial charge >= 0.3 is 0 Å². The molecule has 2 rings (SSSR count). The van der Waals surface area contributed by atoms with Crippen LogP contribution in [0.15, 0.2) is 45.1 Å². The van der Waals surface area contributed by atoms with E-state index in [1.807, 2.05) is 30.3 Å². The second-order valence-corrected chi connectivity index (χ2v) is 6.10. The van der Waals surface area contributed by atoms with Crippen LogP contribution in [0, 0.1) is 0 Å². The number of isothiocyanates is 1. The molecule has 3 nitrogen and oxygen atoms in total. The zero-order valence-corrected chi connectivity index (χ0v) is 11.9. The molecule has 0 N–H and O–H groups in total. The van der Waals surface area contributed by atoms with E-state index in [1.54, 1.807) is 5.41 Å². The van der Waals surface area contributed by atoms with Crippen LogP contribution in [-0.2, 0) is 10.8 Å². The highest BCUT2D eigenvalue weighted by Gasteiger charge is 2.07. The van der Waals surface area contributed by atoms with E-state index in [-0.39, 0.29) is 0 Å². The van der Waals surface area contributed by atoms with Crippen LogP contribution in [-0.4, -0.2) is 20.9 Å². The molecule has 1 atom stereocenters. The minimum Gasteiger partial charge on any atom is -0.247 e. The molecule has 0 aliphatic rings. The number of aromatic nitrogens is 1. The smallest absolute Gasteiger partial charge is 0.186 e. The van der Waals surface area contributed by atoms with Crippen molar-refractivity contribution in [2.24, 2.45) is 4.99 Å². The molecule has 0 saturated carbocycles. The summed E-state index contributed by atoms with van der Waals surface area (Å²) in [6.45, 7) is 0.580. The first-order valence-corrected chi connectivity index (χ1v) is 7.71. The first-order chi connectivity index (χ1) is 8.81. The lowest BCUT2D eigenvalue weighted by molar-refractivity contribution is 0.688. The molecule has 1 aromatic carbocycles. The molecule has 0 amide bonds. The molecule has 1 heterocycles. The van der Waals surface area contributed by atoms with E-state index in [1.165, 1.54) is 11.3 Å². The highest BCUT2D eigenvalue weighted by Crippen LogP contribution is 2.24. The predicted molar refractivity (Wildman–Crippen MR) is 79.7 cm³/mol. The van der Waals surface area contributed by atoms with Gasteiger partial charge in [-0.15, -0.1) is 11.3 Å². The Morgan fingerprint density at radius 3 is 3.11 bits per heavy atom. The van der Waals surface area contributed by atoms with Gasteiger partial charge in [0, 0.05) is 5.41 Å². The number of thiocarbonyl (C=S) groups is 1. The van der Waals surface area contributed by atoms with Gasteiger partial charge < -0.3 is 0 Å². The standard InChI is InChI=1S/C12H10N2OS3/c15-18(8-4-3-7-13-9-16)12-14-10-5-1-2-6-11(10)17-12/h1-2,4-6,8H,3,7H2/b8-4+. The minimum atomic E-state index is -1.18. The average molecular weight is 294 g/mol. The molecule has 1 aromatic heterocycles. The van der Waals surface area contributed by atoms with E-state index in [0.29, 0.717) is 17.3 Å². The van der Waals surface area contributed by atoms with E-state index in [9.17, 15) is 4.21 Å². The number of aliphatic imine (C=N–C) groups is 1. The zero-order chi connectivity index (χ0) is 12.8. The summed E-state index contributed by atoms with van der Waals surface area (Å²) in [5.41, 5.74) is 0.893. The molecule has 6 heteroatoms. The van der Waals surface area contributed by atoms with Gasteiger partial charge in [0.1, 0.15) is 10.8 Å². The van der Waals surface area contributed by atoms with Gasteiger partial charge in [0.15, 0.2) is 4.34 Å². The number of hydrogen-bond donors (Lipinski definition) is 0. The Kier molecular flexibility index (Phi) is 4.90. The SMILES string of the molecule is O=S(/C=C/CCN=C=S)c1nc2ccccc2s1. The Labute approximate surface area is 117 Å². The largest absolute Gasteiger partial charge is 0.247 e. The van der Waals surface area contributed by atoms with Gasteiger partial charge in [-0.2, -0.15) is 0 Å². The van der Waals surface area contributed by atoms with Crippen molar-refractivity contribution in [2.45, 2.75) is 10.8 Å². The van der Waals surface area contributed by atoms with E-state index in [2.05, 4.69) is 27.4 Å². The monoisotopic (exact) mass is 294 g/mol. The van der Waals surface area contributed by atoms with E-state index in [0.717, 1.165) is 10.2 Å². The fourth-order valence-corrected chi connectivity index (χ4v) is 3.50. The van der Waals surface area contributed by atoms with Gasteiger partial charge in [0.2, 0.25) is 0 Å². The van der Waals surface area contributed by atoms with Gasteiger partial charge in [-0.1, -0.05) is 18.2 Å². The van der Waals surface area contributed by atoms with Crippen LogP contribution in [0.1, 0.15) is 6.42 Å². The van der Waals surface area contributed by atoms with Crippen molar-refractivity contribution in [2.75, 3.05) is 6.54 Å². The number of para-hydroxylation sites is 1. The molecule has 0 saturated heterocycles. The molecular weight excluding hydrogens is 284 g/mol. The van der Waals surface area contributed by atoms with Gasteiger partial charge in [-0.3, -0.25) is 0 Å². The summed E-state index contributed by atoms with van der Waals surface area (Å²) >= 11 is 5.92. The summed E-state index contributed by atoms with van der Waals surface area (Å²) in [7, 11) is -1.18. The Bertz CT molecular complexity index is 609. The van der Waals surface area contributed by atoms with Gasteiger partial charge in [-0.25, -0.2) is 14.2 Å². The van der Waals surface area contributed by atoms with Crippen LogP contribution < -0.4 is 0 Å². The summed E-state index contributed by atoms with van der Waals surface area (Å²) in [5, 5.41) is 3.94. The number of thiazole rings is 1. The Hall–Kier alpha value is -1.20. The molecule has 1 unspecified atom stereocenters. The molecule has 2 aromatic rings. The van der Waals surface area contributed by atoms with E-state index in [4.69, 9.17) is 0 Å². The lowest BCUT2D eigenvalue weighted by Crippen LogP contribution is -1.84. The normalized spacial score (nSPS) is 12.7. The fraction of sp³-hybridized carbons (Fsp3) is 0.167. The number of rotatable bonds is 5. The number of hydrogen-bond acceptors (Lipinski definition) is 5. The van der Waals surface area contributed by atoms with Crippen molar-refractivity contribution in [3.63, 3.8) is 0 Å². The Balaban J connectivity index is 2.06. The topological polar surface area (TPSA) is 42.3 Å². The molecule has 0 bridgehead atoms. The van der Waals surface area contributed by atoms with E-state index < -0.39 is 10.8 Å². The van der Waals surface area contributed by atoms with Crippen molar-refractivity contribution >= 4 is 49.7 Å². The summed E-state index contributed by atoms with van der Waals surface area (Å²) in [5.74, 6) is 0.